The number of hydrogen-bond donors (Lipinski definition) is 2. The summed E-state index contributed by atoms with van der Waals surface area (Å²) in [6.07, 6.45) is 1.76. The lowest BCUT2D eigenvalue weighted by molar-refractivity contribution is 0.0932. The number of hydrogen-bond acceptors (Lipinski definition) is 3. The molecule has 0 fully saturated rings. The van der Waals surface area contributed by atoms with E-state index in [4.69, 9.17) is 22.1 Å². The Hall–Kier alpha value is -1.13. The number of amides is 1. The number of nitrogens with two attached hydrogens (primary N) is 1. The summed E-state index contributed by atoms with van der Waals surface area (Å²) in [4.78, 5) is 12.1. The van der Waals surface area contributed by atoms with E-state index in [-0.39, 0.29) is 24.4 Å². The van der Waals surface area contributed by atoms with Crippen molar-refractivity contribution in [1.29, 1.82) is 0 Å². The molecule has 0 aromatic heterocycles. The molecule has 1 aromatic rings. The highest BCUT2D eigenvalue weighted by atomic mass is 35.5. The van der Waals surface area contributed by atoms with Crippen LogP contribution < -0.4 is 15.8 Å². The van der Waals surface area contributed by atoms with Crippen LogP contribution in [0.25, 0.3) is 0 Å². The highest BCUT2D eigenvalue weighted by molar-refractivity contribution is 6.33. The van der Waals surface area contributed by atoms with Gasteiger partial charge in [-0.15, -0.1) is 12.4 Å². The Morgan fingerprint density at radius 2 is 2.00 bits per heavy atom. The molecule has 0 unspecified atom stereocenters. The number of benzene rings is 1. The van der Waals surface area contributed by atoms with Crippen LogP contribution >= 0.6 is 24.0 Å². The van der Waals surface area contributed by atoms with Crippen LogP contribution in [0.4, 0.5) is 5.69 Å². The second kappa shape index (κ2) is 8.12. The number of methoxy groups -OCH3 is 1. The van der Waals surface area contributed by atoms with Crippen LogP contribution in [0, 0.1) is 0 Å². The zero-order valence-corrected chi connectivity index (χ0v) is 12.9. The minimum atomic E-state index is -0.192. The summed E-state index contributed by atoms with van der Waals surface area (Å²) >= 11 is 5.93. The standard InChI is InChI=1S/C13H19ClN2O2.ClH/c1-4-8(5-2)16-13(17)9-6-10(14)11(15)7-12(9)18-3;/h6-8H,4-5,15H2,1-3H3,(H,16,17);1H. The van der Waals surface area contributed by atoms with Crippen molar-refractivity contribution < 1.29 is 9.53 Å². The molecule has 3 N–H and O–H groups in total. The number of carbonyl (C=O) groups excluding carboxylic acids is 1. The van der Waals surface area contributed by atoms with Crippen molar-refractivity contribution in [2.75, 3.05) is 12.8 Å². The Balaban J connectivity index is 0.00000324. The maximum atomic E-state index is 12.1. The van der Waals surface area contributed by atoms with Crippen molar-refractivity contribution >= 4 is 35.6 Å². The molecule has 0 saturated heterocycles. The molecule has 1 aromatic carbocycles. The Kier molecular flexibility index (Phi) is 7.64. The van der Waals surface area contributed by atoms with Gasteiger partial charge in [-0.25, -0.2) is 0 Å². The number of carbonyl (C=O) groups is 1. The first-order chi connectivity index (χ1) is 8.53. The Bertz CT molecular complexity index is 435. The third kappa shape index (κ3) is 4.48. The van der Waals surface area contributed by atoms with Gasteiger partial charge in [-0.3, -0.25) is 4.79 Å². The van der Waals surface area contributed by atoms with Gasteiger partial charge in [-0.05, 0) is 18.9 Å². The van der Waals surface area contributed by atoms with Crippen LogP contribution in [0.3, 0.4) is 0 Å². The monoisotopic (exact) mass is 306 g/mol. The molecule has 0 radical (unpaired) electrons. The van der Waals surface area contributed by atoms with Crippen LogP contribution in [0.2, 0.25) is 5.02 Å². The van der Waals surface area contributed by atoms with Crippen LogP contribution in [-0.2, 0) is 0 Å². The summed E-state index contributed by atoms with van der Waals surface area (Å²) in [5.41, 5.74) is 6.48. The first-order valence-electron chi connectivity index (χ1n) is 5.97. The van der Waals surface area contributed by atoms with E-state index in [1.807, 2.05) is 13.8 Å². The Morgan fingerprint density at radius 3 is 2.47 bits per heavy atom. The Morgan fingerprint density at radius 1 is 1.42 bits per heavy atom. The summed E-state index contributed by atoms with van der Waals surface area (Å²) in [5.74, 6) is 0.239. The number of halogens is 2. The van der Waals surface area contributed by atoms with Gasteiger partial charge in [0.25, 0.3) is 5.91 Å². The molecule has 0 aliphatic rings. The van der Waals surface area contributed by atoms with Gasteiger partial charge in [0.05, 0.1) is 23.4 Å². The predicted octanol–water partition coefficient (Wildman–Crippen LogP) is 3.27. The van der Waals surface area contributed by atoms with Crippen molar-refractivity contribution in [3.05, 3.63) is 22.7 Å². The zero-order chi connectivity index (χ0) is 13.7. The molecule has 0 bridgehead atoms. The zero-order valence-electron chi connectivity index (χ0n) is 11.3. The van der Waals surface area contributed by atoms with E-state index < -0.39 is 0 Å². The fourth-order valence-corrected chi connectivity index (χ4v) is 1.84. The van der Waals surface area contributed by atoms with E-state index >= 15 is 0 Å². The molecule has 0 aliphatic heterocycles. The molecule has 19 heavy (non-hydrogen) atoms. The molecule has 0 atom stereocenters. The SMILES string of the molecule is CCC(CC)NC(=O)c1cc(Cl)c(N)cc1OC.Cl. The van der Waals surface area contributed by atoms with Gasteiger partial charge in [0.15, 0.2) is 0 Å². The smallest absolute Gasteiger partial charge is 0.255 e. The maximum Gasteiger partial charge on any atom is 0.255 e. The van der Waals surface area contributed by atoms with Crippen molar-refractivity contribution in [2.24, 2.45) is 0 Å². The van der Waals surface area contributed by atoms with Crippen molar-refractivity contribution in [3.63, 3.8) is 0 Å². The molecule has 6 heteroatoms. The van der Waals surface area contributed by atoms with Gasteiger partial charge in [0.1, 0.15) is 5.75 Å². The normalized spacial score (nSPS) is 9.95. The topological polar surface area (TPSA) is 64.4 Å². The van der Waals surface area contributed by atoms with E-state index in [2.05, 4.69) is 5.32 Å². The molecule has 0 aliphatic carbocycles. The second-order valence-corrected chi connectivity index (χ2v) is 4.47. The number of nitrogen functional groups attached to an aromatic ring is 1. The average molecular weight is 307 g/mol. The van der Waals surface area contributed by atoms with E-state index in [9.17, 15) is 4.79 Å². The van der Waals surface area contributed by atoms with Crippen LogP contribution in [0.15, 0.2) is 12.1 Å². The molecule has 0 saturated carbocycles. The summed E-state index contributed by atoms with van der Waals surface area (Å²) in [6.45, 7) is 4.06. The van der Waals surface area contributed by atoms with Crippen molar-refractivity contribution in [3.8, 4) is 5.75 Å². The van der Waals surface area contributed by atoms with E-state index in [0.29, 0.717) is 22.0 Å². The summed E-state index contributed by atoms with van der Waals surface area (Å²) < 4.78 is 5.15. The first kappa shape index (κ1) is 17.9. The second-order valence-electron chi connectivity index (χ2n) is 4.06. The number of anilines is 1. The maximum absolute atomic E-state index is 12.1. The molecule has 0 heterocycles. The van der Waals surface area contributed by atoms with Crippen LogP contribution in [0.5, 0.6) is 5.75 Å². The largest absolute Gasteiger partial charge is 0.496 e. The number of rotatable bonds is 5. The van der Waals surface area contributed by atoms with Gasteiger partial charge in [0.2, 0.25) is 0 Å². The lowest BCUT2D eigenvalue weighted by Crippen LogP contribution is -2.34. The van der Waals surface area contributed by atoms with Gasteiger partial charge in [-0.2, -0.15) is 0 Å². The van der Waals surface area contributed by atoms with Gasteiger partial charge in [0, 0.05) is 12.1 Å². The average Bonchev–Trinajstić information content (AvgIpc) is 2.38. The van der Waals surface area contributed by atoms with Crippen LogP contribution in [-0.4, -0.2) is 19.1 Å². The fraction of sp³-hybridized carbons (Fsp3) is 0.462. The summed E-state index contributed by atoms with van der Waals surface area (Å²) in [7, 11) is 1.50. The third-order valence-corrected chi connectivity index (χ3v) is 3.21. The number of nitrogens with one attached hydrogen (secondary N) is 1. The molecular formula is C13H20Cl2N2O2. The van der Waals surface area contributed by atoms with Gasteiger partial charge < -0.3 is 15.8 Å². The van der Waals surface area contributed by atoms with Crippen LogP contribution in [0.1, 0.15) is 37.0 Å². The fourth-order valence-electron chi connectivity index (χ4n) is 1.67. The summed E-state index contributed by atoms with van der Waals surface area (Å²) in [5, 5.41) is 3.29. The Labute approximate surface area is 125 Å². The van der Waals surface area contributed by atoms with Gasteiger partial charge in [-0.1, -0.05) is 25.4 Å². The molecule has 1 rings (SSSR count). The first-order valence-corrected chi connectivity index (χ1v) is 6.35. The van der Waals surface area contributed by atoms with E-state index in [0.717, 1.165) is 12.8 Å². The molecule has 1 amide bonds. The lowest BCUT2D eigenvalue weighted by Gasteiger charge is -2.16. The minimum absolute atomic E-state index is 0. The quantitative estimate of drug-likeness (QED) is 0.821. The highest BCUT2D eigenvalue weighted by Gasteiger charge is 2.17. The highest BCUT2D eigenvalue weighted by Crippen LogP contribution is 2.28. The predicted molar refractivity (Wildman–Crippen MR) is 81.5 cm³/mol. The van der Waals surface area contributed by atoms with E-state index in [1.165, 1.54) is 13.2 Å². The van der Waals surface area contributed by atoms with Crippen molar-refractivity contribution in [1.82, 2.24) is 5.32 Å². The van der Waals surface area contributed by atoms with Gasteiger partial charge >= 0.3 is 0 Å². The molecule has 108 valence electrons. The summed E-state index contributed by atoms with van der Waals surface area (Å²) in [6, 6.07) is 3.25. The molecule has 0 spiro atoms. The number of ether oxygens (including phenoxy) is 1. The van der Waals surface area contributed by atoms with Crippen molar-refractivity contribution in [2.45, 2.75) is 32.7 Å². The third-order valence-electron chi connectivity index (χ3n) is 2.88. The van der Waals surface area contributed by atoms with E-state index in [1.54, 1.807) is 6.07 Å². The molecular weight excluding hydrogens is 287 g/mol. The molecule has 4 nitrogen and oxygen atoms in total. The minimum Gasteiger partial charge on any atom is -0.496 e. The lowest BCUT2D eigenvalue weighted by atomic mass is 10.1.